The van der Waals surface area contributed by atoms with E-state index in [1.165, 1.54) is 16.8 Å². The Morgan fingerprint density at radius 3 is 2.79 bits per heavy atom. The molecule has 4 rings (SSSR count). The van der Waals surface area contributed by atoms with E-state index in [0.717, 1.165) is 70.8 Å². The highest BCUT2D eigenvalue weighted by atomic mass is 16.5. The molecule has 3 heterocycles. The average molecular weight is 400 g/mol. The third-order valence-electron chi connectivity index (χ3n) is 6.45. The molecule has 0 spiro atoms. The van der Waals surface area contributed by atoms with Crippen molar-refractivity contribution in [2.45, 2.75) is 65.1 Å². The van der Waals surface area contributed by atoms with E-state index < -0.39 is 0 Å². The monoisotopic (exact) mass is 399 g/mol. The van der Waals surface area contributed by atoms with Gasteiger partial charge in [-0.3, -0.25) is 0 Å². The summed E-state index contributed by atoms with van der Waals surface area (Å²) in [5.41, 5.74) is 4.08. The van der Waals surface area contributed by atoms with Crippen LogP contribution in [0.3, 0.4) is 0 Å². The SMILES string of the molecule is CCC[C@H](c1nnnn1C[C@H]1CCCO1)[NH+]1CCN(c2cc(C)ccc2C)CC1. The van der Waals surface area contributed by atoms with Gasteiger partial charge in [0.15, 0.2) is 0 Å². The Labute approximate surface area is 174 Å². The Kier molecular flexibility index (Phi) is 6.45. The molecule has 2 aliphatic heterocycles. The number of piperazine rings is 1. The van der Waals surface area contributed by atoms with Crippen molar-refractivity contribution in [3.8, 4) is 0 Å². The predicted molar refractivity (Wildman–Crippen MR) is 113 cm³/mol. The lowest BCUT2D eigenvalue weighted by atomic mass is 10.1. The summed E-state index contributed by atoms with van der Waals surface area (Å²) < 4.78 is 7.83. The lowest BCUT2D eigenvalue weighted by Gasteiger charge is -2.37. The first-order valence-electron chi connectivity index (χ1n) is 11.2. The smallest absolute Gasteiger partial charge is 0.209 e. The maximum Gasteiger partial charge on any atom is 0.209 e. The number of anilines is 1. The third kappa shape index (κ3) is 4.61. The molecule has 0 saturated carbocycles. The van der Waals surface area contributed by atoms with Crippen LogP contribution >= 0.6 is 0 Å². The summed E-state index contributed by atoms with van der Waals surface area (Å²) in [4.78, 5) is 4.15. The van der Waals surface area contributed by atoms with E-state index in [-0.39, 0.29) is 6.10 Å². The Hall–Kier alpha value is -1.99. The summed E-state index contributed by atoms with van der Waals surface area (Å²) in [6, 6.07) is 7.12. The third-order valence-corrected chi connectivity index (χ3v) is 6.45. The van der Waals surface area contributed by atoms with E-state index in [0.29, 0.717) is 6.04 Å². The summed E-state index contributed by atoms with van der Waals surface area (Å²) in [6.07, 6.45) is 4.77. The number of tetrazole rings is 1. The van der Waals surface area contributed by atoms with Gasteiger partial charge >= 0.3 is 0 Å². The second-order valence-corrected chi connectivity index (χ2v) is 8.63. The Morgan fingerprint density at radius 1 is 1.24 bits per heavy atom. The van der Waals surface area contributed by atoms with E-state index in [9.17, 15) is 0 Å². The fourth-order valence-corrected chi connectivity index (χ4v) is 4.82. The van der Waals surface area contributed by atoms with Crippen LogP contribution in [0.4, 0.5) is 5.69 Å². The molecule has 1 aromatic heterocycles. The lowest BCUT2D eigenvalue weighted by molar-refractivity contribution is -0.933. The average Bonchev–Trinajstić information content (AvgIpc) is 3.41. The molecule has 2 saturated heterocycles. The highest BCUT2D eigenvalue weighted by molar-refractivity contribution is 5.55. The van der Waals surface area contributed by atoms with E-state index in [2.05, 4.69) is 59.4 Å². The topological polar surface area (TPSA) is 60.5 Å². The molecule has 2 fully saturated rings. The number of ether oxygens (including phenoxy) is 1. The van der Waals surface area contributed by atoms with Gasteiger partial charge in [-0.25, -0.2) is 4.68 Å². The van der Waals surface area contributed by atoms with Gasteiger partial charge < -0.3 is 14.5 Å². The zero-order valence-corrected chi connectivity index (χ0v) is 18.1. The number of aromatic nitrogens is 4. The van der Waals surface area contributed by atoms with E-state index in [1.54, 1.807) is 4.90 Å². The van der Waals surface area contributed by atoms with Crippen molar-refractivity contribution in [3.05, 3.63) is 35.2 Å². The number of hydrogen-bond donors (Lipinski definition) is 1. The van der Waals surface area contributed by atoms with Gasteiger partial charge in [0, 0.05) is 18.7 Å². The second kappa shape index (κ2) is 9.22. The zero-order valence-electron chi connectivity index (χ0n) is 18.1. The Morgan fingerprint density at radius 2 is 2.07 bits per heavy atom. The van der Waals surface area contributed by atoms with Gasteiger partial charge in [-0.05, 0) is 54.3 Å². The highest BCUT2D eigenvalue weighted by Gasteiger charge is 2.33. The van der Waals surface area contributed by atoms with Crippen LogP contribution in [0.2, 0.25) is 0 Å². The van der Waals surface area contributed by atoms with Crippen molar-refractivity contribution in [3.63, 3.8) is 0 Å². The largest absolute Gasteiger partial charge is 0.376 e. The summed E-state index contributed by atoms with van der Waals surface area (Å²) >= 11 is 0. The van der Waals surface area contributed by atoms with E-state index in [4.69, 9.17) is 4.74 Å². The molecule has 2 aliphatic rings. The van der Waals surface area contributed by atoms with Crippen LogP contribution < -0.4 is 9.80 Å². The molecule has 7 heteroatoms. The van der Waals surface area contributed by atoms with Crippen LogP contribution in [0, 0.1) is 13.8 Å². The minimum atomic E-state index is 0.260. The molecule has 0 radical (unpaired) electrons. The normalized spacial score (nSPS) is 21.6. The molecular weight excluding hydrogens is 364 g/mol. The van der Waals surface area contributed by atoms with Crippen molar-refractivity contribution in [2.75, 3.05) is 37.7 Å². The van der Waals surface area contributed by atoms with Crippen molar-refractivity contribution in [1.82, 2.24) is 20.2 Å². The van der Waals surface area contributed by atoms with Crippen LogP contribution in [0.15, 0.2) is 18.2 Å². The summed E-state index contributed by atoms with van der Waals surface area (Å²) in [6.45, 7) is 12.7. The molecule has 1 aromatic carbocycles. The van der Waals surface area contributed by atoms with Gasteiger partial charge in [0.1, 0.15) is 6.04 Å². The van der Waals surface area contributed by atoms with Crippen molar-refractivity contribution >= 4 is 5.69 Å². The first kappa shape index (κ1) is 20.3. The first-order chi connectivity index (χ1) is 14.2. The maximum atomic E-state index is 5.82. The molecule has 0 amide bonds. The second-order valence-electron chi connectivity index (χ2n) is 8.63. The van der Waals surface area contributed by atoms with Gasteiger partial charge in [-0.1, -0.05) is 25.5 Å². The summed E-state index contributed by atoms with van der Waals surface area (Å²) in [5.74, 6) is 1.04. The lowest BCUT2D eigenvalue weighted by Crippen LogP contribution is -3.15. The highest BCUT2D eigenvalue weighted by Crippen LogP contribution is 2.22. The number of hydrogen-bond acceptors (Lipinski definition) is 5. The molecule has 29 heavy (non-hydrogen) atoms. The van der Waals surface area contributed by atoms with Crippen molar-refractivity contribution < 1.29 is 9.64 Å². The van der Waals surface area contributed by atoms with Crippen LogP contribution in [-0.2, 0) is 11.3 Å². The molecular formula is C22H35N6O+. The van der Waals surface area contributed by atoms with Gasteiger partial charge in [-0.2, -0.15) is 0 Å². The predicted octanol–water partition coefficient (Wildman–Crippen LogP) is 1.72. The number of nitrogens with zero attached hydrogens (tertiary/aromatic N) is 5. The molecule has 1 N–H and O–H groups in total. The Balaban J connectivity index is 1.45. The van der Waals surface area contributed by atoms with Crippen LogP contribution in [0.25, 0.3) is 0 Å². The number of benzene rings is 1. The molecule has 0 unspecified atom stereocenters. The fourth-order valence-electron chi connectivity index (χ4n) is 4.82. The Bertz CT molecular complexity index is 792. The minimum absolute atomic E-state index is 0.260. The summed E-state index contributed by atoms with van der Waals surface area (Å²) in [7, 11) is 0. The summed E-state index contributed by atoms with van der Waals surface area (Å²) in [5, 5.41) is 12.8. The van der Waals surface area contributed by atoms with Gasteiger partial charge in [0.2, 0.25) is 5.82 Å². The molecule has 2 aromatic rings. The van der Waals surface area contributed by atoms with Gasteiger partial charge in [0.05, 0.1) is 38.8 Å². The maximum absolute atomic E-state index is 5.82. The molecule has 7 nitrogen and oxygen atoms in total. The molecule has 0 bridgehead atoms. The number of nitrogens with one attached hydrogen (secondary N) is 1. The standard InChI is InChI=1S/C22H34N6O/c1-4-6-20(22-23-24-25-28(22)16-19-7-5-14-29-19)26-10-12-27(13-11-26)21-15-17(2)8-9-18(21)3/h8-9,15,19-20H,4-7,10-14,16H2,1-3H3/p+1/t19-,20-/m1/s1. The van der Waals surface area contributed by atoms with Crippen molar-refractivity contribution in [1.29, 1.82) is 0 Å². The van der Waals surface area contributed by atoms with E-state index >= 15 is 0 Å². The van der Waals surface area contributed by atoms with Gasteiger partial charge in [-0.15, -0.1) is 5.10 Å². The van der Waals surface area contributed by atoms with E-state index in [1.807, 2.05) is 4.68 Å². The number of quaternary nitrogens is 1. The van der Waals surface area contributed by atoms with Crippen LogP contribution in [0.1, 0.15) is 55.6 Å². The van der Waals surface area contributed by atoms with Crippen molar-refractivity contribution in [2.24, 2.45) is 0 Å². The van der Waals surface area contributed by atoms with Crippen LogP contribution in [-0.4, -0.2) is 59.1 Å². The number of rotatable bonds is 7. The minimum Gasteiger partial charge on any atom is -0.376 e. The molecule has 2 atom stereocenters. The fraction of sp³-hybridized carbons (Fsp3) is 0.682. The molecule has 158 valence electrons. The zero-order chi connectivity index (χ0) is 20.2. The van der Waals surface area contributed by atoms with Crippen LogP contribution in [0.5, 0.6) is 0 Å². The first-order valence-corrected chi connectivity index (χ1v) is 11.2. The number of aryl methyl sites for hydroxylation is 2. The quantitative estimate of drug-likeness (QED) is 0.768. The van der Waals surface area contributed by atoms with Gasteiger partial charge in [0.25, 0.3) is 0 Å². The molecule has 0 aliphatic carbocycles.